The number of aryl methyl sites for hydroxylation is 1. The van der Waals surface area contributed by atoms with Crippen molar-refractivity contribution >= 4 is 51.6 Å². The molecule has 4 aromatic rings. The highest BCUT2D eigenvalue weighted by atomic mass is 32.1. The van der Waals surface area contributed by atoms with E-state index in [1.807, 2.05) is 31.6 Å². The summed E-state index contributed by atoms with van der Waals surface area (Å²) in [6, 6.07) is 2.98. The van der Waals surface area contributed by atoms with E-state index >= 15 is 4.39 Å². The number of hydrogen-bond donors (Lipinski definition) is 2. The number of amides is 3. The summed E-state index contributed by atoms with van der Waals surface area (Å²) < 4.78 is 31.4. The fraction of sp³-hybridized carbons (Fsp3) is 0.630. The molecule has 3 saturated heterocycles. The van der Waals surface area contributed by atoms with Gasteiger partial charge in [0.2, 0.25) is 11.8 Å². The van der Waals surface area contributed by atoms with Crippen molar-refractivity contribution in [2.75, 3.05) is 72.5 Å². The van der Waals surface area contributed by atoms with Crippen LogP contribution in [-0.2, 0) is 48.0 Å². The Balaban J connectivity index is 1.05. The topological polar surface area (TPSA) is 157 Å². The van der Waals surface area contributed by atoms with Gasteiger partial charge in [-0.05, 0) is 102 Å². The molecule has 10 rings (SSSR count). The van der Waals surface area contributed by atoms with Crippen LogP contribution < -0.4 is 15.6 Å². The average Bonchev–Trinajstić information content (AvgIpc) is 4.14. The molecule has 4 aliphatic heterocycles. The number of thiazole rings is 1. The normalized spacial score (nSPS) is 26.0. The molecular formula is C54H73FN10O6S. The van der Waals surface area contributed by atoms with Gasteiger partial charge in [-0.25, -0.2) is 14.8 Å². The van der Waals surface area contributed by atoms with Crippen molar-refractivity contribution in [1.29, 1.82) is 0 Å². The number of cyclic esters (lactones) is 1. The lowest BCUT2D eigenvalue weighted by Gasteiger charge is -2.37. The number of methoxy groups -OCH3 is 1. The van der Waals surface area contributed by atoms with E-state index in [0.717, 1.165) is 104 Å². The molecule has 5 fully saturated rings. The predicted octanol–water partition coefficient (Wildman–Crippen LogP) is 6.20. The molecule has 2 saturated carbocycles. The average molecular weight is 1010 g/mol. The number of fused-ring (bicyclic) bond motifs is 6. The van der Waals surface area contributed by atoms with Crippen molar-refractivity contribution in [3.05, 3.63) is 51.9 Å². The molecule has 2 N–H and O–H groups in total. The molecule has 6 bridgehead atoms. The Bertz CT molecular complexity index is 2710. The fourth-order valence-corrected chi connectivity index (χ4v) is 13.0. The van der Waals surface area contributed by atoms with Crippen molar-refractivity contribution in [1.82, 2.24) is 45.0 Å². The van der Waals surface area contributed by atoms with Crippen LogP contribution in [0.5, 0.6) is 0 Å². The lowest BCUT2D eigenvalue weighted by atomic mass is 9.93. The number of likely N-dealkylation sites (N-methyl/N-ethyl adjacent to an activating group) is 3. The summed E-state index contributed by atoms with van der Waals surface area (Å²) in [5.74, 6) is -1.32. The molecular weight excluding hydrogens is 936 g/mol. The summed E-state index contributed by atoms with van der Waals surface area (Å²) in [6.07, 6.45) is 8.96. The second-order valence-electron chi connectivity index (χ2n) is 22.3. The van der Waals surface area contributed by atoms with Crippen LogP contribution in [0, 0.1) is 23.1 Å². The van der Waals surface area contributed by atoms with E-state index in [1.54, 1.807) is 25.1 Å². The standard InChI is InChI=1S/C54H73FN10O6S/c1-9-35-36-24-39(55)37-25-43(36)64(48(35)38-23-34(27-56-45(38)31(2)70-8)63-21-19-60(5)20-22-63)29-54(3,4)30-71-53(69)40-15-12-18-65(59-40)51(67)41(26-44-57-42(37)28-72-44)58-50(66)47(32-13-10-11-14-32)62(7)52(68)49-46(61(49)6)33-16-17-33/h23-25,27-28,31-33,40-41,46-47,49,59H,9-22,26,29-30H2,1-8H3,(H,58,66)/t31-,40-,41-,46+,47-,49+,61?/m0/s1. The lowest BCUT2D eigenvalue weighted by molar-refractivity contribution is -0.155. The number of hydrazine groups is 1. The minimum atomic E-state index is -1.11. The van der Waals surface area contributed by atoms with Crippen LogP contribution in [0.1, 0.15) is 101 Å². The van der Waals surface area contributed by atoms with E-state index in [4.69, 9.17) is 19.4 Å². The Hall–Kier alpha value is -5.01. The van der Waals surface area contributed by atoms with Gasteiger partial charge in [0, 0.05) is 98.7 Å². The summed E-state index contributed by atoms with van der Waals surface area (Å²) >= 11 is 1.31. The number of nitrogens with one attached hydrogen (secondary N) is 2. The van der Waals surface area contributed by atoms with Gasteiger partial charge in [-0.15, -0.1) is 11.3 Å². The number of pyridine rings is 1. The third-order valence-corrected chi connectivity index (χ3v) is 17.4. The molecule has 6 aliphatic rings. The molecule has 0 radical (unpaired) electrons. The van der Waals surface area contributed by atoms with Crippen LogP contribution in [0.15, 0.2) is 29.8 Å². The van der Waals surface area contributed by atoms with E-state index in [-0.39, 0.29) is 48.9 Å². The van der Waals surface area contributed by atoms with Gasteiger partial charge in [0.25, 0.3) is 5.91 Å². The number of halogens is 1. The zero-order chi connectivity index (χ0) is 50.7. The monoisotopic (exact) mass is 1010 g/mol. The molecule has 388 valence electrons. The van der Waals surface area contributed by atoms with Crippen molar-refractivity contribution in [3.63, 3.8) is 0 Å². The minimum Gasteiger partial charge on any atom is -0.464 e. The Labute approximate surface area is 426 Å². The number of carbonyl (C=O) groups is 4. The van der Waals surface area contributed by atoms with Crippen molar-refractivity contribution < 1.29 is 33.0 Å². The summed E-state index contributed by atoms with van der Waals surface area (Å²) in [7, 11) is 7.53. The first kappa shape index (κ1) is 50.5. The molecule has 1 aromatic carbocycles. The molecule has 0 spiro atoms. The minimum absolute atomic E-state index is 0.0162. The van der Waals surface area contributed by atoms with E-state index in [1.165, 1.54) is 16.3 Å². The zero-order valence-electron chi connectivity index (χ0n) is 43.3. The molecule has 3 aromatic heterocycles. The maximum atomic E-state index is 17.0. The van der Waals surface area contributed by atoms with Crippen LogP contribution in [0.4, 0.5) is 10.1 Å². The summed E-state index contributed by atoms with van der Waals surface area (Å²) in [6.45, 7) is 12.6. The fourth-order valence-electron chi connectivity index (χ4n) is 12.1. The second kappa shape index (κ2) is 20.4. The van der Waals surface area contributed by atoms with Gasteiger partial charge in [0.15, 0.2) is 0 Å². The van der Waals surface area contributed by atoms with Crippen LogP contribution in [0.2, 0.25) is 0 Å². The SMILES string of the molecule is CCc1c(-c2cc(N3CCN(C)CC3)cnc2[C@H](C)OC)n2c3cc(c(F)cc13)-c1csc(n1)C[C@H](NC(=O)[C@H](C1CCCC1)N(C)C(=O)[C@H]1[C@@H](C3CC3)N1C)C(=O)N1CCC[C@H](N1)C(=O)OCC(C)(C)C2. The summed E-state index contributed by atoms with van der Waals surface area (Å²) in [4.78, 5) is 76.5. The number of carbonyl (C=O) groups excluding carboxylic acids is 4. The highest BCUT2D eigenvalue weighted by Gasteiger charge is 2.58. The first-order valence-electron chi connectivity index (χ1n) is 26.3. The van der Waals surface area contributed by atoms with Gasteiger partial charge in [-0.3, -0.25) is 34.1 Å². The van der Waals surface area contributed by atoms with Crippen molar-refractivity contribution in [2.45, 2.75) is 135 Å². The van der Waals surface area contributed by atoms with E-state index in [9.17, 15) is 19.2 Å². The maximum absolute atomic E-state index is 17.0. The first-order valence-corrected chi connectivity index (χ1v) is 27.2. The number of rotatable bonds is 11. The number of esters is 1. The largest absolute Gasteiger partial charge is 0.464 e. The second-order valence-corrected chi connectivity index (χ2v) is 23.2. The van der Waals surface area contributed by atoms with Crippen molar-refractivity contribution in [2.24, 2.45) is 17.3 Å². The maximum Gasteiger partial charge on any atom is 0.324 e. The number of nitrogens with zero attached hydrogens (tertiary/aromatic N) is 8. The number of piperazine rings is 1. The highest BCUT2D eigenvalue weighted by Crippen LogP contribution is 2.47. The first-order chi connectivity index (χ1) is 34.5. The molecule has 1 unspecified atom stereocenters. The van der Waals surface area contributed by atoms with E-state index < -0.39 is 41.2 Å². The van der Waals surface area contributed by atoms with Gasteiger partial charge < -0.3 is 34.1 Å². The molecule has 72 heavy (non-hydrogen) atoms. The van der Waals surface area contributed by atoms with Gasteiger partial charge >= 0.3 is 5.97 Å². The van der Waals surface area contributed by atoms with Gasteiger partial charge in [-0.1, -0.05) is 33.6 Å². The number of ether oxygens (including phenoxy) is 2. The van der Waals surface area contributed by atoms with Crippen LogP contribution in [0.25, 0.3) is 33.4 Å². The number of aromatic nitrogens is 3. The van der Waals surface area contributed by atoms with Gasteiger partial charge in [-0.2, -0.15) is 0 Å². The zero-order valence-corrected chi connectivity index (χ0v) is 44.2. The number of benzene rings is 1. The van der Waals surface area contributed by atoms with Crippen LogP contribution >= 0.6 is 11.3 Å². The Kier molecular flexibility index (Phi) is 14.3. The Morgan fingerprint density at radius 2 is 1.78 bits per heavy atom. The third kappa shape index (κ3) is 9.90. The number of hydrogen-bond acceptors (Lipinski definition) is 13. The Morgan fingerprint density at radius 3 is 2.49 bits per heavy atom. The molecule has 2 aliphatic carbocycles. The van der Waals surface area contributed by atoms with E-state index in [2.05, 4.69) is 63.9 Å². The van der Waals surface area contributed by atoms with E-state index in [0.29, 0.717) is 54.5 Å². The van der Waals surface area contributed by atoms with Crippen LogP contribution in [-0.4, -0.2) is 156 Å². The van der Waals surface area contributed by atoms with Gasteiger partial charge in [0.05, 0.1) is 46.7 Å². The molecule has 3 amide bonds. The Morgan fingerprint density at radius 1 is 1.03 bits per heavy atom. The third-order valence-electron chi connectivity index (χ3n) is 16.5. The summed E-state index contributed by atoms with van der Waals surface area (Å²) in [5.41, 5.74) is 8.63. The number of anilines is 1. The lowest BCUT2D eigenvalue weighted by Crippen LogP contribution is -2.62. The summed E-state index contributed by atoms with van der Waals surface area (Å²) in [5, 5.41) is 7.67. The molecule has 18 heteroatoms. The molecule has 16 nitrogen and oxygen atoms in total. The smallest absolute Gasteiger partial charge is 0.324 e. The predicted molar refractivity (Wildman–Crippen MR) is 276 cm³/mol. The molecule has 7 heterocycles. The quantitative estimate of drug-likeness (QED) is 0.130. The highest BCUT2D eigenvalue weighted by molar-refractivity contribution is 7.10. The molecule has 7 atom stereocenters. The van der Waals surface area contributed by atoms with Crippen molar-refractivity contribution in [3.8, 4) is 22.5 Å². The van der Waals surface area contributed by atoms with Crippen LogP contribution in [0.3, 0.4) is 0 Å². The van der Waals surface area contributed by atoms with Gasteiger partial charge in [0.1, 0.15) is 30.0 Å².